The van der Waals surface area contributed by atoms with Gasteiger partial charge in [-0.05, 0) is 48.0 Å². The van der Waals surface area contributed by atoms with Gasteiger partial charge in [0.15, 0.2) is 5.58 Å². The monoisotopic (exact) mass is 501 g/mol. The van der Waals surface area contributed by atoms with Crippen molar-refractivity contribution in [3.8, 4) is 11.1 Å². The van der Waals surface area contributed by atoms with Gasteiger partial charge in [-0.1, -0.05) is 97.1 Å². The van der Waals surface area contributed by atoms with Gasteiger partial charge >= 0.3 is 0 Å². The molecule has 3 heteroatoms. The first-order valence-corrected chi connectivity index (χ1v) is 13.1. The fourth-order valence-corrected chi connectivity index (χ4v) is 5.68. The minimum absolute atomic E-state index is 0.846. The molecule has 0 fully saturated rings. The third-order valence-corrected chi connectivity index (χ3v) is 7.45. The molecule has 184 valence electrons. The smallest absolute Gasteiger partial charge is 0.159 e. The first kappa shape index (κ1) is 21.8. The number of fused-ring (bicyclic) bond motifs is 6. The second-order valence-electron chi connectivity index (χ2n) is 9.76. The van der Waals surface area contributed by atoms with Crippen molar-refractivity contribution >= 4 is 60.9 Å². The fourth-order valence-electron chi connectivity index (χ4n) is 5.68. The third-order valence-electron chi connectivity index (χ3n) is 7.45. The molecule has 0 atom stereocenters. The Kier molecular flexibility index (Phi) is 4.82. The van der Waals surface area contributed by atoms with Gasteiger partial charge in [-0.15, -0.1) is 0 Å². The summed E-state index contributed by atoms with van der Waals surface area (Å²) in [6.45, 7) is 0. The van der Waals surface area contributed by atoms with E-state index in [-0.39, 0.29) is 0 Å². The highest BCUT2D eigenvalue weighted by molar-refractivity contribution is 6.18. The highest BCUT2D eigenvalue weighted by Crippen LogP contribution is 2.44. The van der Waals surface area contributed by atoms with Crippen molar-refractivity contribution in [2.75, 3.05) is 4.90 Å². The summed E-state index contributed by atoms with van der Waals surface area (Å²) in [5.41, 5.74) is 8.83. The summed E-state index contributed by atoms with van der Waals surface area (Å²) in [7, 11) is 0. The minimum atomic E-state index is 0.846. The van der Waals surface area contributed by atoms with Crippen LogP contribution in [0.15, 0.2) is 148 Å². The van der Waals surface area contributed by atoms with E-state index in [2.05, 4.69) is 126 Å². The molecule has 0 N–H and O–H groups in total. The van der Waals surface area contributed by atoms with Crippen molar-refractivity contribution in [2.45, 2.75) is 0 Å². The van der Waals surface area contributed by atoms with Gasteiger partial charge in [0.1, 0.15) is 16.7 Å². The molecule has 0 amide bonds. The molecule has 0 bridgehead atoms. The van der Waals surface area contributed by atoms with Gasteiger partial charge in [-0.25, -0.2) is 0 Å². The van der Waals surface area contributed by atoms with Crippen molar-refractivity contribution in [3.63, 3.8) is 0 Å². The number of hydrogen-bond donors (Lipinski definition) is 0. The normalized spacial score (nSPS) is 11.6. The Bertz CT molecular complexity index is 2070. The molecule has 8 rings (SSSR count). The van der Waals surface area contributed by atoms with Crippen LogP contribution in [0.25, 0.3) is 55.0 Å². The largest absolute Gasteiger partial charge is 0.455 e. The lowest BCUT2D eigenvalue weighted by Crippen LogP contribution is -2.09. The average molecular weight is 502 g/mol. The van der Waals surface area contributed by atoms with E-state index in [4.69, 9.17) is 8.83 Å². The van der Waals surface area contributed by atoms with Crippen molar-refractivity contribution in [1.29, 1.82) is 0 Å². The quantitative estimate of drug-likeness (QED) is 0.240. The summed E-state index contributed by atoms with van der Waals surface area (Å²) in [5, 5.41) is 4.24. The summed E-state index contributed by atoms with van der Waals surface area (Å²) in [4.78, 5) is 2.25. The van der Waals surface area contributed by atoms with Crippen LogP contribution in [-0.4, -0.2) is 0 Å². The molecule has 0 radical (unpaired) electrons. The van der Waals surface area contributed by atoms with Gasteiger partial charge in [0.25, 0.3) is 0 Å². The van der Waals surface area contributed by atoms with E-state index in [1.54, 1.807) is 0 Å². The van der Waals surface area contributed by atoms with Crippen molar-refractivity contribution < 1.29 is 8.83 Å². The molecule has 0 unspecified atom stereocenters. The van der Waals surface area contributed by atoms with Crippen LogP contribution in [0.3, 0.4) is 0 Å². The number of para-hydroxylation sites is 4. The van der Waals surface area contributed by atoms with E-state index in [1.807, 2.05) is 18.2 Å². The van der Waals surface area contributed by atoms with Gasteiger partial charge in [0.05, 0.1) is 5.69 Å². The minimum Gasteiger partial charge on any atom is -0.455 e. The number of furan rings is 2. The predicted molar refractivity (Wildman–Crippen MR) is 161 cm³/mol. The van der Waals surface area contributed by atoms with Crippen molar-refractivity contribution in [3.05, 3.63) is 140 Å². The Morgan fingerprint density at radius 1 is 0.410 bits per heavy atom. The Balaban J connectivity index is 1.37. The number of hydrogen-bond acceptors (Lipinski definition) is 3. The van der Waals surface area contributed by atoms with E-state index in [9.17, 15) is 0 Å². The van der Waals surface area contributed by atoms with Gasteiger partial charge in [0, 0.05) is 38.5 Å². The molecule has 8 aromatic rings. The highest BCUT2D eigenvalue weighted by Gasteiger charge is 2.20. The lowest BCUT2D eigenvalue weighted by atomic mass is 10.0. The van der Waals surface area contributed by atoms with Gasteiger partial charge in [-0.3, -0.25) is 0 Å². The molecule has 3 nitrogen and oxygen atoms in total. The van der Waals surface area contributed by atoms with E-state index in [0.717, 1.165) is 72.1 Å². The van der Waals surface area contributed by atoms with E-state index >= 15 is 0 Å². The highest BCUT2D eigenvalue weighted by atomic mass is 16.3. The Morgan fingerprint density at radius 2 is 0.923 bits per heavy atom. The van der Waals surface area contributed by atoms with Crippen LogP contribution in [0.1, 0.15) is 0 Å². The number of benzene rings is 6. The fraction of sp³-hybridized carbons (Fsp3) is 0. The molecule has 2 heterocycles. The molecule has 0 aliphatic heterocycles. The maximum Gasteiger partial charge on any atom is 0.159 e. The van der Waals surface area contributed by atoms with Crippen molar-refractivity contribution in [1.82, 2.24) is 0 Å². The van der Waals surface area contributed by atoms with Crippen LogP contribution in [-0.2, 0) is 0 Å². The zero-order chi connectivity index (χ0) is 25.8. The molecule has 0 saturated heterocycles. The lowest BCUT2D eigenvalue weighted by Gasteiger charge is -2.25. The summed E-state index contributed by atoms with van der Waals surface area (Å²) in [5.74, 6) is 0. The standard InChI is InChI=1S/C36H23NO2/c1-4-12-24(13-5-1)27-18-10-19-28-30-22-34-31(23-33(30)38-35(27)28)29-20-11-21-32(36(29)39-34)37(25-14-6-2-7-15-25)26-16-8-3-9-17-26/h1-23H. The molecule has 0 aliphatic carbocycles. The first-order chi connectivity index (χ1) is 19.3. The summed E-state index contributed by atoms with van der Waals surface area (Å²) < 4.78 is 13.2. The van der Waals surface area contributed by atoms with Crippen LogP contribution in [0.5, 0.6) is 0 Å². The van der Waals surface area contributed by atoms with Crippen LogP contribution >= 0.6 is 0 Å². The summed E-state index contributed by atoms with van der Waals surface area (Å²) in [6, 6.07) is 48.2. The molecular weight excluding hydrogens is 478 g/mol. The molecule has 39 heavy (non-hydrogen) atoms. The van der Waals surface area contributed by atoms with Crippen LogP contribution in [0, 0.1) is 0 Å². The predicted octanol–water partition coefficient (Wildman–Crippen LogP) is 10.6. The maximum absolute atomic E-state index is 6.67. The zero-order valence-corrected chi connectivity index (χ0v) is 21.0. The number of nitrogens with zero attached hydrogens (tertiary/aromatic N) is 1. The van der Waals surface area contributed by atoms with Crippen molar-refractivity contribution in [2.24, 2.45) is 0 Å². The maximum atomic E-state index is 6.67. The van der Waals surface area contributed by atoms with Crippen LogP contribution in [0.2, 0.25) is 0 Å². The van der Waals surface area contributed by atoms with Crippen LogP contribution < -0.4 is 4.90 Å². The Morgan fingerprint density at radius 3 is 1.54 bits per heavy atom. The van der Waals surface area contributed by atoms with E-state index in [1.165, 1.54) is 0 Å². The number of anilines is 3. The third kappa shape index (κ3) is 3.44. The SMILES string of the molecule is c1ccc(-c2cccc3c2oc2cc4c(cc23)oc2c(N(c3ccccc3)c3ccccc3)cccc24)cc1. The summed E-state index contributed by atoms with van der Waals surface area (Å²) >= 11 is 0. The molecule has 0 saturated carbocycles. The molecule has 6 aromatic carbocycles. The number of rotatable bonds is 4. The topological polar surface area (TPSA) is 29.5 Å². The lowest BCUT2D eigenvalue weighted by molar-refractivity contribution is 0.664. The second kappa shape index (κ2) is 8.64. The van der Waals surface area contributed by atoms with E-state index in [0.29, 0.717) is 0 Å². The molecule has 2 aromatic heterocycles. The van der Waals surface area contributed by atoms with Gasteiger partial charge in [-0.2, -0.15) is 0 Å². The Hall–Kier alpha value is -5.28. The zero-order valence-electron chi connectivity index (χ0n) is 21.0. The first-order valence-electron chi connectivity index (χ1n) is 13.1. The summed E-state index contributed by atoms with van der Waals surface area (Å²) in [6.07, 6.45) is 0. The van der Waals surface area contributed by atoms with E-state index < -0.39 is 0 Å². The second-order valence-corrected chi connectivity index (χ2v) is 9.76. The Labute approximate surface area is 225 Å². The van der Waals surface area contributed by atoms with Gasteiger partial charge in [0.2, 0.25) is 0 Å². The average Bonchev–Trinajstić information content (AvgIpc) is 3.55. The molecule has 0 spiro atoms. The van der Waals surface area contributed by atoms with Crippen LogP contribution in [0.4, 0.5) is 17.1 Å². The molecule has 0 aliphatic rings. The van der Waals surface area contributed by atoms with Gasteiger partial charge < -0.3 is 13.7 Å². The molecular formula is C36H23NO2.